The molecule has 1 rings (SSSR count). The molecular formula is C8H4BrF3INO2. The molecule has 0 aromatic carbocycles. The molecule has 0 aliphatic rings. The van der Waals surface area contributed by atoms with E-state index in [0.717, 1.165) is 6.20 Å². The average Bonchev–Trinajstić information content (AvgIpc) is 2.18. The van der Waals surface area contributed by atoms with E-state index < -0.39 is 12.1 Å². The summed E-state index contributed by atoms with van der Waals surface area (Å²) < 4.78 is 40.2. The Morgan fingerprint density at radius 1 is 1.56 bits per heavy atom. The van der Waals surface area contributed by atoms with Crippen molar-refractivity contribution in [1.29, 1.82) is 0 Å². The molecule has 0 radical (unpaired) electrons. The van der Waals surface area contributed by atoms with E-state index in [2.05, 4.69) is 25.7 Å². The highest BCUT2D eigenvalue weighted by molar-refractivity contribution is 14.1. The van der Waals surface area contributed by atoms with Gasteiger partial charge in [0.2, 0.25) is 0 Å². The lowest BCUT2D eigenvalue weighted by Crippen LogP contribution is -2.19. The van der Waals surface area contributed by atoms with Gasteiger partial charge in [0.15, 0.2) is 12.0 Å². The van der Waals surface area contributed by atoms with Crippen LogP contribution in [0, 0.1) is 3.70 Å². The minimum Gasteiger partial charge on any atom is -0.404 e. The molecule has 0 atom stereocenters. The van der Waals surface area contributed by atoms with Crippen LogP contribution in [-0.4, -0.2) is 17.6 Å². The van der Waals surface area contributed by atoms with Crippen LogP contribution in [0.5, 0.6) is 5.75 Å². The minimum atomic E-state index is -4.80. The van der Waals surface area contributed by atoms with E-state index in [-0.39, 0.29) is 16.5 Å². The van der Waals surface area contributed by atoms with Crippen LogP contribution in [0.1, 0.15) is 15.9 Å². The number of rotatable bonds is 3. The molecule has 0 fully saturated rings. The van der Waals surface area contributed by atoms with E-state index in [0.29, 0.717) is 9.99 Å². The summed E-state index contributed by atoms with van der Waals surface area (Å²) in [7, 11) is 0. The topological polar surface area (TPSA) is 39.2 Å². The number of carbonyl (C=O) groups is 1. The predicted octanol–water partition coefficient (Wildman–Crippen LogP) is 3.29. The van der Waals surface area contributed by atoms with Crippen LogP contribution in [0.4, 0.5) is 13.2 Å². The summed E-state index contributed by atoms with van der Waals surface area (Å²) in [6, 6.07) is 0. The van der Waals surface area contributed by atoms with Crippen molar-refractivity contribution in [3.05, 3.63) is 21.0 Å². The first-order chi connectivity index (χ1) is 7.39. The molecule has 0 bridgehead atoms. The van der Waals surface area contributed by atoms with Crippen molar-refractivity contribution in [3.63, 3.8) is 0 Å². The Hall–Kier alpha value is -0.380. The zero-order valence-electron chi connectivity index (χ0n) is 7.52. The van der Waals surface area contributed by atoms with E-state index in [4.69, 9.17) is 0 Å². The maximum absolute atomic E-state index is 12.0. The molecular weight excluding hydrogens is 406 g/mol. The molecule has 1 aromatic rings. The second-order valence-electron chi connectivity index (χ2n) is 2.60. The molecule has 0 aliphatic carbocycles. The van der Waals surface area contributed by atoms with Crippen molar-refractivity contribution in [2.75, 3.05) is 0 Å². The van der Waals surface area contributed by atoms with Gasteiger partial charge in [0, 0.05) is 10.9 Å². The molecule has 1 heterocycles. The van der Waals surface area contributed by atoms with Crippen molar-refractivity contribution in [1.82, 2.24) is 4.98 Å². The lowest BCUT2D eigenvalue weighted by Gasteiger charge is -2.13. The standard InChI is InChI=1S/C8H4BrF3INO2/c9-1-4-5(3-15)7(13)14-2-6(4)16-8(10,11)12/h2-3H,1H2. The molecule has 16 heavy (non-hydrogen) atoms. The van der Waals surface area contributed by atoms with Gasteiger partial charge in [-0.2, -0.15) is 0 Å². The first kappa shape index (κ1) is 13.7. The Labute approximate surface area is 111 Å². The van der Waals surface area contributed by atoms with Gasteiger partial charge in [-0.05, 0) is 22.6 Å². The highest BCUT2D eigenvalue weighted by atomic mass is 127. The van der Waals surface area contributed by atoms with Crippen LogP contribution in [0.3, 0.4) is 0 Å². The number of ether oxygens (including phenoxy) is 1. The Kier molecular flexibility index (Phi) is 4.53. The summed E-state index contributed by atoms with van der Waals surface area (Å²) in [6.07, 6.45) is -3.40. The molecule has 0 spiro atoms. The third-order valence-corrected chi connectivity index (χ3v) is 3.04. The Bertz CT molecular complexity index is 411. The Morgan fingerprint density at radius 2 is 2.19 bits per heavy atom. The quantitative estimate of drug-likeness (QED) is 0.333. The maximum atomic E-state index is 12.0. The van der Waals surface area contributed by atoms with E-state index in [9.17, 15) is 18.0 Å². The van der Waals surface area contributed by atoms with Crippen molar-refractivity contribution >= 4 is 44.8 Å². The zero-order valence-corrected chi connectivity index (χ0v) is 11.3. The number of pyridine rings is 1. The monoisotopic (exact) mass is 409 g/mol. The smallest absolute Gasteiger partial charge is 0.404 e. The number of alkyl halides is 4. The number of aromatic nitrogens is 1. The summed E-state index contributed by atoms with van der Waals surface area (Å²) in [4.78, 5) is 14.4. The molecule has 88 valence electrons. The molecule has 0 aliphatic heterocycles. The number of hydrogen-bond acceptors (Lipinski definition) is 3. The molecule has 0 amide bonds. The lowest BCUT2D eigenvalue weighted by molar-refractivity contribution is -0.275. The summed E-state index contributed by atoms with van der Waals surface area (Å²) >= 11 is 4.77. The number of halogens is 5. The number of aldehydes is 1. The van der Waals surface area contributed by atoms with Crippen LogP contribution in [0.2, 0.25) is 0 Å². The fraction of sp³-hybridized carbons (Fsp3) is 0.250. The molecule has 8 heteroatoms. The van der Waals surface area contributed by atoms with E-state index >= 15 is 0 Å². The number of carbonyl (C=O) groups excluding carboxylic acids is 1. The first-order valence-corrected chi connectivity index (χ1v) is 6.03. The molecule has 0 saturated heterocycles. The second-order valence-corrected chi connectivity index (χ2v) is 4.19. The van der Waals surface area contributed by atoms with Crippen LogP contribution in [0.25, 0.3) is 0 Å². The summed E-state index contributed by atoms with van der Waals surface area (Å²) in [5.74, 6) is -0.466. The molecule has 3 nitrogen and oxygen atoms in total. The van der Waals surface area contributed by atoms with Gasteiger partial charge in [0.25, 0.3) is 0 Å². The number of nitrogens with zero attached hydrogens (tertiary/aromatic N) is 1. The van der Waals surface area contributed by atoms with E-state index in [1.807, 2.05) is 0 Å². The zero-order chi connectivity index (χ0) is 12.3. The molecule has 0 unspecified atom stereocenters. The van der Waals surface area contributed by atoms with Gasteiger partial charge in [-0.3, -0.25) is 4.79 Å². The summed E-state index contributed by atoms with van der Waals surface area (Å²) in [6.45, 7) is 0. The second kappa shape index (κ2) is 5.30. The largest absolute Gasteiger partial charge is 0.573 e. The highest BCUT2D eigenvalue weighted by Crippen LogP contribution is 2.30. The Balaban J connectivity index is 3.25. The van der Waals surface area contributed by atoms with Gasteiger partial charge in [0.1, 0.15) is 3.70 Å². The fourth-order valence-electron chi connectivity index (χ4n) is 0.990. The predicted molar refractivity (Wildman–Crippen MR) is 61.7 cm³/mol. The van der Waals surface area contributed by atoms with E-state index in [1.54, 1.807) is 22.6 Å². The normalized spacial score (nSPS) is 11.3. The van der Waals surface area contributed by atoms with Gasteiger partial charge in [0.05, 0.1) is 11.8 Å². The highest BCUT2D eigenvalue weighted by Gasteiger charge is 2.32. The summed E-state index contributed by atoms with van der Waals surface area (Å²) in [5.41, 5.74) is 0.228. The first-order valence-electron chi connectivity index (χ1n) is 3.83. The van der Waals surface area contributed by atoms with Gasteiger partial charge in [-0.15, -0.1) is 13.2 Å². The summed E-state index contributed by atoms with van der Waals surface area (Å²) in [5, 5.41) is 0.0744. The third-order valence-electron chi connectivity index (χ3n) is 1.62. The minimum absolute atomic E-state index is 0.0744. The lowest BCUT2D eigenvalue weighted by atomic mass is 10.2. The third kappa shape index (κ3) is 3.30. The number of hydrogen-bond donors (Lipinski definition) is 0. The molecule has 0 N–H and O–H groups in total. The van der Waals surface area contributed by atoms with Crippen LogP contribution in [-0.2, 0) is 5.33 Å². The SMILES string of the molecule is O=Cc1c(I)ncc(OC(F)(F)F)c1CBr. The van der Waals surface area contributed by atoms with Crippen LogP contribution < -0.4 is 4.74 Å². The molecule has 1 aromatic heterocycles. The van der Waals surface area contributed by atoms with Gasteiger partial charge in [-0.25, -0.2) is 4.98 Å². The Morgan fingerprint density at radius 3 is 2.62 bits per heavy atom. The van der Waals surface area contributed by atoms with Crippen molar-refractivity contribution in [2.24, 2.45) is 0 Å². The van der Waals surface area contributed by atoms with Gasteiger partial charge >= 0.3 is 6.36 Å². The van der Waals surface area contributed by atoms with Crippen LogP contribution in [0.15, 0.2) is 6.20 Å². The van der Waals surface area contributed by atoms with Crippen molar-refractivity contribution < 1.29 is 22.7 Å². The van der Waals surface area contributed by atoms with Gasteiger partial charge < -0.3 is 4.74 Å². The average molecular weight is 410 g/mol. The van der Waals surface area contributed by atoms with E-state index in [1.165, 1.54) is 0 Å². The fourth-order valence-corrected chi connectivity index (χ4v) is 2.16. The van der Waals surface area contributed by atoms with Crippen molar-refractivity contribution in [3.8, 4) is 5.75 Å². The molecule has 0 saturated carbocycles. The van der Waals surface area contributed by atoms with Crippen LogP contribution >= 0.6 is 38.5 Å². The maximum Gasteiger partial charge on any atom is 0.573 e. The van der Waals surface area contributed by atoms with Crippen molar-refractivity contribution in [2.45, 2.75) is 11.7 Å². The van der Waals surface area contributed by atoms with Gasteiger partial charge in [-0.1, -0.05) is 15.9 Å².